The Labute approximate surface area is 271 Å². The number of anilines is 1. The molecule has 2 N–H and O–H groups in total. The minimum Gasteiger partial charge on any atom is -0.349 e. The minimum atomic E-state index is -0.292. The van der Waals surface area contributed by atoms with Crippen LogP contribution in [0.1, 0.15) is 55.1 Å². The van der Waals surface area contributed by atoms with Crippen LogP contribution in [0.3, 0.4) is 0 Å². The average Bonchev–Trinajstić information content (AvgIpc) is 3.46. The quantitative estimate of drug-likeness (QED) is 0.202. The number of aromatic nitrogens is 4. The van der Waals surface area contributed by atoms with Gasteiger partial charge in [-0.2, -0.15) is 4.68 Å². The lowest BCUT2D eigenvalue weighted by atomic mass is 9.87. The maximum absolute atomic E-state index is 12.9. The molecule has 44 heavy (non-hydrogen) atoms. The first-order valence-electron chi connectivity index (χ1n) is 14.4. The lowest BCUT2D eigenvalue weighted by molar-refractivity contribution is -0.113. The number of nitrogens with zero attached hydrogens (tertiary/aromatic N) is 5. The molecule has 9 nitrogen and oxygen atoms in total. The first kappa shape index (κ1) is 32.0. The molecule has 12 heteroatoms. The second-order valence-electron chi connectivity index (χ2n) is 11.8. The molecule has 230 valence electrons. The summed E-state index contributed by atoms with van der Waals surface area (Å²) in [6, 6.07) is 21.2. The number of benzene rings is 3. The molecule has 1 aromatic heterocycles. The number of tetrazole rings is 1. The third kappa shape index (κ3) is 8.18. The molecule has 0 radical (unpaired) electrons. The van der Waals surface area contributed by atoms with Crippen molar-refractivity contribution in [3.63, 3.8) is 0 Å². The molecule has 0 spiro atoms. The summed E-state index contributed by atoms with van der Waals surface area (Å²) < 4.78 is 1.51. The van der Waals surface area contributed by atoms with E-state index in [4.69, 9.17) is 23.2 Å². The molecule has 4 aromatic rings. The van der Waals surface area contributed by atoms with Gasteiger partial charge in [0.2, 0.25) is 11.1 Å². The van der Waals surface area contributed by atoms with E-state index in [0.717, 1.165) is 38.0 Å². The first-order valence-corrected chi connectivity index (χ1v) is 16.2. The molecule has 1 aliphatic heterocycles. The molecule has 2 amide bonds. The smallest absolute Gasteiger partial charge is 0.251 e. The Morgan fingerprint density at radius 3 is 2.41 bits per heavy atom. The van der Waals surface area contributed by atoms with Crippen LogP contribution < -0.4 is 10.6 Å². The van der Waals surface area contributed by atoms with Crippen molar-refractivity contribution in [2.24, 2.45) is 0 Å². The largest absolute Gasteiger partial charge is 0.349 e. The van der Waals surface area contributed by atoms with Crippen molar-refractivity contribution < 1.29 is 9.59 Å². The van der Waals surface area contributed by atoms with E-state index >= 15 is 0 Å². The molecule has 5 rings (SSSR count). The molecule has 0 unspecified atom stereocenters. The van der Waals surface area contributed by atoms with Crippen molar-refractivity contribution in [1.82, 2.24) is 30.4 Å². The van der Waals surface area contributed by atoms with E-state index in [1.54, 1.807) is 18.2 Å². The van der Waals surface area contributed by atoms with Crippen LogP contribution in [-0.2, 0) is 16.8 Å². The molecule has 0 atom stereocenters. The van der Waals surface area contributed by atoms with Gasteiger partial charge in [0.15, 0.2) is 0 Å². The topological polar surface area (TPSA) is 105 Å². The van der Waals surface area contributed by atoms with E-state index in [9.17, 15) is 9.59 Å². The number of nitrogens with one attached hydrogen (secondary N) is 2. The molecule has 0 bridgehead atoms. The fourth-order valence-electron chi connectivity index (χ4n) is 4.99. The summed E-state index contributed by atoms with van der Waals surface area (Å²) in [7, 11) is 0. The lowest BCUT2D eigenvalue weighted by Gasteiger charge is -2.32. The van der Waals surface area contributed by atoms with Crippen molar-refractivity contribution >= 4 is 52.5 Å². The summed E-state index contributed by atoms with van der Waals surface area (Å²) in [4.78, 5) is 28.1. The Morgan fingerprint density at radius 2 is 1.73 bits per heavy atom. The second-order valence-corrected chi connectivity index (χ2v) is 13.6. The van der Waals surface area contributed by atoms with E-state index < -0.39 is 0 Å². The van der Waals surface area contributed by atoms with Crippen molar-refractivity contribution in [2.75, 3.05) is 24.2 Å². The fourth-order valence-corrected chi connectivity index (χ4v) is 6.16. The average molecular weight is 653 g/mol. The van der Waals surface area contributed by atoms with Crippen LogP contribution in [-0.4, -0.2) is 61.8 Å². The summed E-state index contributed by atoms with van der Waals surface area (Å²) in [6.45, 7) is 9.10. The summed E-state index contributed by atoms with van der Waals surface area (Å²) in [5.41, 5.74) is 3.83. The van der Waals surface area contributed by atoms with Gasteiger partial charge < -0.3 is 10.6 Å². The van der Waals surface area contributed by atoms with E-state index in [0.29, 0.717) is 27.1 Å². The van der Waals surface area contributed by atoms with E-state index in [1.165, 1.54) is 22.0 Å². The van der Waals surface area contributed by atoms with Crippen molar-refractivity contribution in [2.45, 2.75) is 56.8 Å². The number of carbonyl (C=O) groups excluding carboxylic acids is 2. The van der Waals surface area contributed by atoms with Crippen LogP contribution in [0.4, 0.5) is 5.69 Å². The van der Waals surface area contributed by atoms with Gasteiger partial charge in [-0.05, 0) is 70.1 Å². The number of halogens is 2. The lowest BCUT2D eigenvalue weighted by Crippen LogP contribution is -2.44. The number of likely N-dealkylation sites (tertiary alicyclic amines) is 1. The fraction of sp³-hybridized carbons (Fsp3) is 0.344. The number of hydrogen-bond acceptors (Lipinski definition) is 7. The zero-order valence-electron chi connectivity index (χ0n) is 24.9. The van der Waals surface area contributed by atoms with Crippen LogP contribution in [0.2, 0.25) is 10.0 Å². The summed E-state index contributed by atoms with van der Waals surface area (Å²) in [6.07, 6.45) is 1.77. The molecule has 1 aliphatic rings. The third-order valence-corrected chi connectivity index (χ3v) is 9.03. The molecule has 1 fully saturated rings. The molecular formula is C32H35Cl2N7O2S. The highest BCUT2D eigenvalue weighted by atomic mass is 35.5. The van der Waals surface area contributed by atoms with Gasteiger partial charge in [-0.3, -0.25) is 14.5 Å². The van der Waals surface area contributed by atoms with Gasteiger partial charge in [-0.15, -0.1) is 5.10 Å². The molecule has 1 saturated heterocycles. The van der Waals surface area contributed by atoms with Gasteiger partial charge >= 0.3 is 0 Å². The van der Waals surface area contributed by atoms with Gasteiger partial charge in [0.25, 0.3) is 5.91 Å². The van der Waals surface area contributed by atoms with Crippen molar-refractivity contribution in [3.8, 4) is 5.69 Å². The molecule has 2 heterocycles. The van der Waals surface area contributed by atoms with Crippen LogP contribution in [0.25, 0.3) is 5.69 Å². The Kier molecular flexibility index (Phi) is 10.3. The number of piperidine rings is 1. The summed E-state index contributed by atoms with van der Waals surface area (Å²) in [5.74, 6) is -0.428. The number of amides is 2. The maximum Gasteiger partial charge on any atom is 0.251 e. The Bertz CT molecular complexity index is 1620. The monoisotopic (exact) mass is 651 g/mol. The van der Waals surface area contributed by atoms with Crippen LogP contribution in [0, 0.1) is 0 Å². The van der Waals surface area contributed by atoms with Gasteiger partial charge in [0.1, 0.15) is 0 Å². The van der Waals surface area contributed by atoms with Crippen LogP contribution >= 0.6 is 35.0 Å². The Balaban J connectivity index is 1.11. The van der Waals surface area contributed by atoms with Gasteiger partial charge in [0, 0.05) is 31.2 Å². The second kappa shape index (κ2) is 14.1. The predicted molar refractivity (Wildman–Crippen MR) is 176 cm³/mol. The molecular weight excluding hydrogens is 617 g/mol. The number of thioether (sulfide) groups is 1. The zero-order valence-corrected chi connectivity index (χ0v) is 27.2. The van der Waals surface area contributed by atoms with Crippen LogP contribution in [0.5, 0.6) is 0 Å². The van der Waals surface area contributed by atoms with Gasteiger partial charge in [0.05, 0.1) is 27.2 Å². The summed E-state index contributed by atoms with van der Waals surface area (Å²) >= 11 is 14.2. The van der Waals surface area contributed by atoms with Gasteiger partial charge in [-0.25, -0.2) is 0 Å². The minimum absolute atomic E-state index is 0.0413. The standard InChI is InChI=1S/C32H35Cl2N7O2S/c1-32(2,3)23-10-12-28(26(34)18-23)41-31(37-38-39-41)44-20-29(42)36-27-11-9-22(17-25(27)33)30(43)35-24-13-15-40(16-14-24)19-21-7-5-4-6-8-21/h4-12,17-18,24H,13-16,19-20H2,1-3H3,(H,35,43)(H,36,42). The molecule has 3 aromatic carbocycles. The van der Waals surface area contributed by atoms with Crippen molar-refractivity contribution in [3.05, 3.63) is 93.5 Å². The number of carbonyl (C=O) groups is 2. The highest BCUT2D eigenvalue weighted by molar-refractivity contribution is 7.99. The normalized spacial score (nSPS) is 14.4. The van der Waals surface area contributed by atoms with Crippen LogP contribution in [0.15, 0.2) is 71.9 Å². The maximum atomic E-state index is 12.9. The SMILES string of the molecule is CC(C)(C)c1ccc(-n2nnnc2SCC(=O)Nc2ccc(C(=O)NC3CCN(Cc4ccccc4)CC3)cc2Cl)c(Cl)c1. The van der Waals surface area contributed by atoms with Gasteiger partial charge in [-0.1, -0.05) is 92.1 Å². The number of rotatable bonds is 9. The Hall–Kier alpha value is -3.44. The molecule has 0 saturated carbocycles. The van der Waals surface area contributed by atoms with E-state index in [1.807, 2.05) is 24.3 Å². The number of hydrogen-bond donors (Lipinski definition) is 2. The zero-order chi connectivity index (χ0) is 31.3. The molecule has 0 aliphatic carbocycles. The van der Waals surface area contributed by atoms with E-state index in [-0.39, 0.29) is 34.0 Å². The predicted octanol–water partition coefficient (Wildman–Crippen LogP) is 6.39. The Morgan fingerprint density at radius 1 is 0.977 bits per heavy atom. The third-order valence-electron chi connectivity index (χ3n) is 7.49. The summed E-state index contributed by atoms with van der Waals surface area (Å²) in [5, 5.41) is 19.0. The first-order chi connectivity index (χ1) is 21.1. The van der Waals surface area contributed by atoms with E-state index in [2.05, 4.69) is 76.1 Å². The van der Waals surface area contributed by atoms with Crippen molar-refractivity contribution in [1.29, 1.82) is 0 Å². The highest BCUT2D eigenvalue weighted by Gasteiger charge is 2.22. The highest BCUT2D eigenvalue weighted by Crippen LogP contribution is 2.30.